The Kier molecular flexibility index (Phi) is 24.0. The average molecular weight is 496 g/mol. The van der Waals surface area contributed by atoms with Gasteiger partial charge in [-0.15, -0.1) is 0 Å². The Bertz CT molecular complexity index is 535. The van der Waals surface area contributed by atoms with Gasteiger partial charge in [-0.1, -0.05) is 110 Å². The Balaban J connectivity index is 4.18. The van der Waals surface area contributed by atoms with Gasteiger partial charge in [0.1, 0.15) is 6.04 Å². The molecule has 0 heterocycles. The maximum absolute atomic E-state index is 12.7. The van der Waals surface area contributed by atoms with E-state index in [1.807, 2.05) is 0 Å². The molecule has 0 saturated heterocycles. The highest BCUT2D eigenvalue weighted by molar-refractivity contribution is 5.87. The number of nitrogens with zero attached hydrogens (tertiary/aromatic N) is 1. The second-order valence-electron chi connectivity index (χ2n) is 9.91. The molecule has 0 saturated carbocycles. The van der Waals surface area contributed by atoms with E-state index in [0.717, 1.165) is 25.7 Å². The lowest BCUT2D eigenvalue weighted by atomic mass is 10.1. The Morgan fingerprint density at radius 1 is 0.686 bits per heavy atom. The molecule has 0 aromatic rings. The van der Waals surface area contributed by atoms with Crippen LogP contribution in [-0.4, -0.2) is 36.9 Å². The van der Waals surface area contributed by atoms with Gasteiger partial charge in [-0.05, 0) is 25.7 Å². The first-order valence-corrected chi connectivity index (χ1v) is 14.6. The smallest absolute Gasteiger partial charge is 0.242 e. The maximum atomic E-state index is 12.7. The summed E-state index contributed by atoms with van der Waals surface area (Å²) < 4.78 is 0. The summed E-state index contributed by atoms with van der Waals surface area (Å²) in [6.45, 7) is 5.58. The SMILES string of the molecule is CCCCCCCCCCCC(=O)N[C@@H](CCCN=C(N)N)C(=O)NCCCCCCCCCC. The molecule has 0 spiro atoms. The summed E-state index contributed by atoms with van der Waals surface area (Å²) in [5, 5.41) is 5.96. The van der Waals surface area contributed by atoms with Crippen LogP contribution in [0.25, 0.3) is 0 Å². The van der Waals surface area contributed by atoms with Gasteiger partial charge in [0.05, 0.1) is 0 Å². The third kappa shape index (κ3) is 23.7. The molecule has 0 fully saturated rings. The van der Waals surface area contributed by atoms with E-state index in [1.165, 1.54) is 83.5 Å². The molecular weight excluding hydrogens is 438 g/mol. The van der Waals surface area contributed by atoms with E-state index in [2.05, 4.69) is 29.5 Å². The molecule has 35 heavy (non-hydrogen) atoms. The molecule has 0 bridgehead atoms. The van der Waals surface area contributed by atoms with Crippen LogP contribution in [0.3, 0.4) is 0 Å². The van der Waals surface area contributed by atoms with Gasteiger partial charge in [-0.25, -0.2) is 0 Å². The van der Waals surface area contributed by atoms with E-state index in [9.17, 15) is 9.59 Å². The van der Waals surface area contributed by atoms with Crippen molar-refractivity contribution in [2.24, 2.45) is 16.5 Å². The number of hydrogen-bond donors (Lipinski definition) is 4. The topological polar surface area (TPSA) is 123 Å². The van der Waals surface area contributed by atoms with Gasteiger partial charge in [0.15, 0.2) is 5.96 Å². The molecular formula is C28H57N5O2. The van der Waals surface area contributed by atoms with Gasteiger partial charge in [-0.3, -0.25) is 14.6 Å². The van der Waals surface area contributed by atoms with E-state index < -0.39 is 6.04 Å². The third-order valence-corrected chi connectivity index (χ3v) is 6.43. The third-order valence-electron chi connectivity index (χ3n) is 6.43. The van der Waals surface area contributed by atoms with Crippen molar-refractivity contribution in [3.63, 3.8) is 0 Å². The predicted octanol–water partition coefficient (Wildman–Crippen LogP) is 5.70. The van der Waals surface area contributed by atoms with Gasteiger partial charge in [-0.2, -0.15) is 0 Å². The molecule has 0 aromatic carbocycles. The lowest BCUT2D eigenvalue weighted by Crippen LogP contribution is -2.47. The number of carbonyl (C=O) groups excluding carboxylic acids is 2. The minimum absolute atomic E-state index is 0.0398. The minimum atomic E-state index is -0.524. The number of unbranched alkanes of at least 4 members (excludes halogenated alkanes) is 15. The molecule has 0 aliphatic carbocycles. The number of nitrogens with two attached hydrogens (primary N) is 2. The molecule has 206 valence electrons. The average Bonchev–Trinajstić information content (AvgIpc) is 2.83. The molecule has 0 aromatic heterocycles. The van der Waals surface area contributed by atoms with Crippen LogP contribution >= 0.6 is 0 Å². The summed E-state index contributed by atoms with van der Waals surface area (Å²) in [7, 11) is 0. The van der Waals surface area contributed by atoms with Crippen LogP contribution in [-0.2, 0) is 9.59 Å². The summed E-state index contributed by atoms with van der Waals surface area (Å²) >= 11 is 0. The molecule has 6 N–H and O–H groups in total. The largest absolute Gasteiger partial charge is 0.370 e. The lowest BCUT2D eigenvalue weighted by Gasteiger charge is -2.18. The van der Waals surface area contributed by atoms with Crippen LogP contribution < -0.4 is 22.1 Å². The van der Waals surface area contributed by atoms with Crippen LogP contribution in [0.2, 0.25) is 0 Å². The monoisotopic (exact) mass is 495 g/mol. The fourth-order valence-electron chi connectivity index (χ4n) is 4.23. The molecule has 0 radical (unpaired) electrons. The van der Waals surface area contributed by atoms with E-state index in [1.54, 1.807) is 0 Å². The van der Waals surface area contributed by atoms with Gasteiger partial charge in [0.25, 0.3) is 0 Å². The van der Waals surface area contributed by atoms with Gasteiger partial charge in [0.2, 0.25) is 11.8 Å². The molecule has 1 atom stereocenters. The Morgan fingerprint density at radius 3 is 1.69 bits per heavy atom. The number of hydrogen-bond acceptors (Lipinski definition) is 3. The molecule has 2 amide bonds. The zero-order valence-corrected chi connectivity index (χ0v) is 23.1. The normalized spacial score (nSPS) is 11.7. The Morgan fingerprint density at radius 2 is 1.17 bits per heavy atom. The first-order valence-electron chi connectivity index (χ1n) is 14.6. The zero-order chi connectivity index (χ0) is 26.0. The van der Waals surface area contributed by atoms with Gasteiger partial charge >= 0.3 is 0 Å². The summed E-state index contributed by atoms with van der Waals surface area (Å²) in [6, 6.07) is -0.524. The first-order chi connectivity index (χ1) is 17.0. The van der Waals surface area contributed by atoms with Crippen LogP contribution in [0.15, 0.2) is 4.99 Å². The van der Waals surface area contributed by atoms with Crippen LogP contribution in [0, 0.1) is 0 Å². The quantitative estimate of drug-likeness (QED) is 0.0736. The Labute approximate surface area is 216 Å². The van der Waals surface area contributed by atoms with E-state index >= 15 is 0 Å². The number of carbonyl (C=O) groups is 2. The lowest BCUT2D eigenvalue weighted by molar-refractivity contribution is -0.129. The van der Waals surface area contributed by atoms with Crippen LogP contribution in [0.1, 0.15) is 142 Å². The van der Waals surface area contributed by atoms with E-state index in [0.29, 0.717) is 32.4 Å². The standard InChI is InChI=1S/C28H57N5O2/c1-3-5-7-9-11-13-14-16-18-22-26(34)33-25(21-20-24-32-28(29)30)27(35)31-23-19-17-15-12-10-8-6-4-2/h25H,3-24H2,1-2H3,(H,31,35)(H,33,34)(H4,29,30,32)/t25-/m0/s1. The number of rotatable bonds is 25. The maximum Gasteiger partial charge on any atom is 0.242 e. The highest BCUT2D eigenvalue weighted by Crippen LogP contribution is 2.11. The number of amides is 2. The first kappa shape index (κ1) is 33.2. The zero-order valence-electron chi connectivity index (χ0n) is 23.1. The van der Waals surface area contributed by atoms with Crippen molar-refractivity contribution in [3.8, 4) is 0 Å². The fourth-order valence-corrected chi connectivity index (χ4v) is 4.23. The van der Waals surface area contributed by atoms with Crippen molar-refractivity contribution in [2.75, 3.05) is 13.1 Å². The highest BCUT2D eigenvalue weighted by atomic mass is 16.2. The van der Waals surface area contributed by atoms with Crippen molar-refractivity contribution in [2.45, 2.75) is 148 Å². The van der Waals surface area contributed by atoms with Gasteiger partial charge in [0, 0.05) is 19.5 Å². The fraction of sp³-hybridized carbons (Fsp3) is 0.893. The van der Waals surface area contributed by atoms with Crippen molar-refractivity contribution < 1.29 is 9.59 Å². The number of nitrogens with one attached hydrogen (secondary N) is 2. The summed E-state index contributed by atoms with van der Waals surface area (Å²) in [5.74, 6) is -0.0878. The summed E-state index contributed by atoms with van der Waals surface area (Å²) in [5.41, 5.74) is 10.8. The molecule has 0 rings (SSSR count). The second-order valence-corrected chi connectivity index (χ2v) is 9.91. The van der Waals surface area contributed by atoms with E-state index in [-0.39, 0.29) is 17.8 Å². The minimum Gasteiger partial charge on any atom is -0.370 e. The number of aliphatic imine (C=N–C) groups is 1. The van der Waals surface area contributed by atoms with Crippen molar-refractivity contribution in [3.05, 3.63) is 0 Å². The summed E-state index contributed by atoms with van der Waals surface area (Å²) in [6.07, 6.45) is 22.4. The van der Waals surface area contributed by atoms with Crippen molar-refractivity contribution >= 4 is 17.8 Å². The van der Waals surface area contributed by atoms with Crippen molar-refractivity contribution in [1.29, 1.82) is 0 Å². The van der Waals surface area contributed by atoms with Crippen molar-refractivity contribution in [1.82, 2.24) is 10.6 Å². The van der Waals surface area contributed by atoms with E-state index in [4.69, 9.17) is 11.5 Å². The van der Waals surface area contributed by atoms with Crippen LogP contribution in [0.5, 0.6) is 0 Å². The molecule has 0 aliphatic rings. The molecule has 0 unspecified atom stereocenters. The highest BCUT2D eigenvalue weighted by Gasteiger charge is 2.19. The van der Waals surface area contributed by atoms with Crippen LogP contribution in [0.4, 0.5) is 0 Å². The molecule has 7 nitrogen and oxygen atoms in total. The predicted molar refractivity (Wildman–Crippen MR) is 149 cm³/mol. The number of guanidine groups is 1. The second kappa shape index (κ2) is 25.3. The summed E-state index contributed by atoms with van der Waals surface area (Å²) in [4.78, 5) is 29.2. The van der Waals surface area contributed by atoms with Gasteiger partial charge < -0.3 is 22.1 Å². The molecule has 7 heteroatoms. The molecule has 0 aliphatic heterocycles. The Hall–Kier alpha value is -1.79.